The predicted octanol–water partition coefficient (Wildman–Crippen LogP) is 3.92. The number of nitrogens with zero attached hydrogens (tertiary/aromatic N) is 1. The lowest BCUT2D eigenvalue weighted by Gasteiger charge is -2.25. The molecule has 0 saturated heterocycles. The summed E-state index contributed by atoms with van der Waals surface area (Å²) in [6, 6.07) is 5.25. The maximum Gasteiger partial charge on any atom is 0.416 e. The van der Waals surface area contributed by atoms with Gasteiger partial charge in [-0.3, -0.25) is 0 Å². The Bertz CT molecular complexity index is 473. The molecule has 0 heterocycles. The molecule has 1 rings (SSSR count). The Balaban J connectivity index is 2.76. The van der Waals surface area contributed by atoms with E-state index in [9.17, 15) is 13.2 Å². The van der Waals surface area contributed by atoms with Gasteiger partial charge in [-0.25, -0.2) is 0 Å². The normalized spacial score (nSPS) is 11.3. The van der Waals surface area contributed by atoms with Crippen LogP contribution in [-0.2, 0) is 15.7 Å². The molecule has 0 spiro atoms. The number of ether oxygens (including phenoxy) is 2. The second-order valence-electron chi connectivity index (χ2n) is 4.76. The van der Waals surface area contributed by atoms with Gasteiger partial charge < -0.3 is 14.4 Å². The first kappa shape index (κ1) is 19.3. The first-order valence-electron chi connectivity index (χ1n) is 7.28. The van der Waals surface area contributed by atoms with Crippen LogP contribution in [0.4, 0.5) is 18.9 Å². The number of halogens is 3. The molecule has 0 amide bonds. The Morgan fingerprint density at radius 1 is 1.00 bits per heavy atom. The standard InChI is InChI=1S/C17H22F3NO2/c1-3-10-22-12-8-21(9-13-23-11-4-2)16-7-5-6-15(14-16)17(18,19)20/h3-7,14H,1-2,8-13H2. The monoisotopic (exact) mass is 329 g/mol. The first-order valence-corrected chi connectivity index (χ1v) is 7.28. The highest BCUT2D eigenvalue weighted by molar-refractivity contribution is 5.49. The van der Waals surface area contributed by atoms with Crippen molar-refractivity contribution in [3.63, 3.8) is 0 Å². The summed E-state index contributed by atoms with van der Waals surface area (Å²) in [6.45, 7) is 9.63. The minimum atomic E-state index is -4.36. The molecule has 0 aliphatic rings. The van der Waals surface area contributed by atoms with Crippen LogP contribution in [0.5, 0.6) is 0 Å². The van der Waals surface area contributed by atoms with E-state index < -0.39 is 11.7 Å². The number of benzene rings is 1. The summed E-state index contributed by atoms with van der Waals surface area (Å²) in [4.78, 5) is 1.81. The summed E-state index contributed by atoms with van der Waals surface area (Å²) in [5.74, 6) is 0. The number of alkyl halides is 3. The van der Waals surface area contributed by atoms with Gasteiger partial charge in [-0.05, 0) is 18.2 Å². The van der Waals surface area contributed by atoms with Crippen molar-refractivity contribution in [3.8, 4) is 0 Å². The van der Waals surface area contributed by atoms with Crippen molar-refractivity contribution < 1.29 is 22.6 Å². The van der Waals surface area contributed by atoms with E-state index in [4.69, 9.17) is 9.47 Å². The SMILES string of the molecule is C=CCOCCN(CCOCC=C)c1cccc(C(F)(F)F)c1. The zero-order chi connectivity index (χ0) is 17.1. The average molecular weight is 329 g/mol. The van der Waals surface area contributed by atoms with Gasteiger partial charge in [0.1, 0.15) is 0 Å². The van der Waals surface area contributed by atoms with Gasteiger partial charge in [-0.15, -0.1) is 13.2 Å². The van der Waals surface area contributed by atoms with Gasteiger partial charge >= 0.3 is 6.18 Å². The number of rotatable bonds is 11. The zero-order valence-corrected chi connectivity index (χ0v) is 13.0. The van der Waals surface area contributed by atoms with Crippen molar-refractivity contribution >= 4 is 5.69 Å². The molecule has 23 heavy (non-hydrogen) atoms. The number of hydrogen-bond acceptors (Lipinski definition) is 3. The van der Waals surface area contributed by atoms with Gasteiger partial charge in [0, 0.05) is 18.8 Å². The topological polar surface area (TPSA) is 21.7 Å². The minimum absolute atomic E-state index is 0.393. The molecule has 6 heteroatoms. The van der Waals surface area contributed by atoms with Gasteiger partial charge in [0.25, 0.3) is 0 Å². The lowest BCUT2D eigenvalue weighted by Crippen LogP contribution is -2.31. The molecule has 0 N–H and O–H groups in total. The third kappa shape index (κ3) is 7.34. The van der Waals surface area contributed by atoms with Crippen LogP contribution in [0.25, 0.3) is 0 Å². The molecule has 0 radical (unpaired) electrons. The Labute approximate surface area is 135 Å². The summed E-state index contributed by atoms with van der Waals surface area (Å²) < 4.78 is 49.2. The van der Waals surface area contributed by atoms with Crippen LogP contribution in [0.3, 0.4) is 0 Å². The number of hydrogen-bond donors (Lipinski definition) is 0. The fourth-order valence-corrected chi connectivity index (χ4v) is 1.93. The summed E-state index contributed by atoms with van der Waals surface area (Å²) in [5.41, 5.74) is -0.178. The van der Waals surface area contributed by atoms with Crippen molar-refractivity contribution in [1.82, 2.24) is 0 Å². The summed E-state index contributed by atoms with van der Waals surface area (Å²) in [5, 5.41) is 0. The van der Waals surface area contributed by atoms with E-state index in [0.717, 1.165) is 12.1 Å². The van der Waals surface area contributed by atoms with Crippen LogP contribution in [0.15, 0.2) is 49.6 Å². The first-order chi connectivity index (χ1) is 11.0. The highest BCUT2D eigenvalue weighted by Gasteiger charge is 2.30. The number of anilines is 1. The molecule has 0 atom stereocenters. The Morgan fingerprint density at radius 3 is 2.04 bits per heavy atom. The second kappa shape index (κ2) is 10.1. The van der Waals surface area contributed by atoms with Crippen LogP contribution in [0.1, 0.15) is 5.56 Å². The quantitative estimate of drug-likeness (QED) is 0.454. The minimum Gasteiger partial charge on any atom is -0.376 e. The Morgan fingerprint density at radius 2 is 1.57 bits per heavy atom. The van der Waals surface area contributed by atoms with Gasteiger partial charge in [-0.1, -0.05) is 18.2 Å². The molecule has 1 aromatic rings. The molecule has 1 aromatic carbocycles. The van der Waals surface area contributed by atoms with E-state index >= 15 is 0 Å². The van der Waals surface area contributed by atoms with E-state index in [0.29, 0.717) is 45.2 Å². The molecule has 0 unspecified atom stereocenters. The summed E-state index contributed by atoms with van der Waals surface area (Å²) in [6.07, 6.45) is -1.11. The maximum absolute atomic E-state index is 12.8. The third-order valence-electron chi connectivity index (χ3n) is 3.02. The molecule has 0 bridgehead atoms. The van der Waals surface area contributed by atoms with E-state index in [1.54, 1.807) is 23.1 Å². The summed E-state index contributed by atoms with van der Waals surface area (Å²) in [7, 11) is 0. The largest absolute Gasteiger partial charge is 0.416 e. The molecular weight excluding hydrogens is 307 g/mol. The predicted molar refractivity (Wildman–Crippen MR) is 85.7 cm³/mol. The van der Waals surface area contributed by atoms with Gasteiger partial charge in [-0.2, -0.15) is 13.2 Å². The Kier molecular flexibility index (Phi) is 8.43. The highest BCUT2D eigenvalue weighted by atomic mass is 19.4. The third-order valence-corrected chi connectivity index (χ3v) is 3.02. The lowest BCUT2D eigenvalue weighted by molar-refractivity contribution is -0.137. The molecule has 0 aromatic heterocycles. The second-order valence-corrected chi connectivity index (χ2v) is 4.76. The van der Waals surface area contributed by atoms with E-state index in [-0.39, 0.29) is 0 Å². The van der Waals surface area contributed by atoms with Crippen LogP contribution < -0.4 is 4.90 Å². The Hall–Kier alpha value is -1.79. The molecule has 3 nitrogen and oxygen atoms in total. The lowest BCUT2D eigenvalue weighted by atomic mass is 10.2. The highest BCUT2D eigenvalue weighted by Crippen LogP contribution is 2.31. The molecular formula is C17H22F3NO2. The van der Waals surface area contributed by atoms with E-state index in [1.165, 1.54) is 6.07 Å². The maximum atomic E-state index is 12.8. The molecule has 0 aliphatic carbocycles. The molecule has 128 valence electrons. The fourth-order valence-electron chi connectivity index (χ4n) is 1.93. The van der Waals surface area contributed by atoms with Gasteiger partial charge in [0.2, 0.25) is 0 Å². The van der Waals surface area contributed by atoms with E-state index in [1.807, 2.05) is 0 Å². The van der Waals surface area contributed by atoms with Crippen LogP contribution in [-0.4, -0.2) is 39.5 Å². The van der Waals surface area contributed by atoms with Gasteiger partial charge in [0.05, 0.1) is 32.0 Å². The average Bonchev–Trinajstić information content (AvgIpc) is 2.53. The fraction of sp³-hybridized carbons (Fsp3) is 0.412. The van der Waals surface area contributed by atoms with Gasteiger partial charge in [0.15, 0.2) is 0 Å². The van der Waals surface area contributed by atoms with Crippen molar-refractivity contribution in [2.24, 2.45) is 0 Å². The van der Waals surface area contributed by atoms with Crippen LogP contribution >= 0.6 is 0 Å². The molecule has 0 aliphatic heterocycles. The van der Waals surface area contributed by atoms with Crippen molar-refractivity contribution in [3.05, 3.63) is 55.1 Å². The summed E-state index contributed by atoms with van der Waals surface area (Å²) >= 11 is 0. The molecule has 0 fully saturated rings. The smallest absolute Gasteiger partial charge is 0.376 e. The van der Waals surface area contributed by atoms with Crippen molar-refractivity contribution in [1.29, 1.82) is 0 Å². The van der Waals surface area contributed by atoms with Crippen LogP contribution in [0, 0.1) is 0 Å². The van der Waals surface area contributed by atoms with Crippen molar-refractivity contribution in [2.45, 2.75) is 6.18 Å². The molecule has 0 saturated carbocycles. The zero-order valence-electron chi connectivity index (χ0n) is 13.0. The van der Waals surface area contributed by atoms with E-state index in [2.05, 4.69) is 13.2 Å². The van der Waals surface area contributed by atoms with Crippen LogP contribution in [0.2, 0.25) is 0 Å². The van der Waals surface area contributed by atoms with Crippen molar-refractivity contribution in [2.75, 3.05) is 44.4 Å².